The van der Waals surface area contributed by atoms with Gasteiger partial charge < -0.3 is 4.90 Å². The highest BCUT2D eigenvalue weighted by Crippen LogP contribution is 2.63. The van der Waals surface area contributed by atoms with Crippen LogP contribution in [0.2, 0.25) is 0 Å². The summed E-state index contributed by atoms with van der Waals surface area (Å²) in [5, 5.41) is 0. The molecule has 0 saturated heterocycles. The third-order valence-corrected chi connectivity index (χ3v) is 10.1. The zero-order chi connectivity index (χ0) is 33.1. The summed E-state index contributed by atoms with van der Waals surface area (Å²) in [5.74, 6) is 1.93. The first-order valence-electron chi connectivity index (χ1n) is 17.0. The Morgan fingerprint density at radius 1 is 0.340 bits per heavy atom. The van der Waals surface area contributed by atoms with Crippen LogP contribution in [0.1, 0.15) is 22.3 Å². The standard InChI is InChI=1S/C46H30N4/c1-4-16-31(17-5-1)43-47-44(32-18-6-2-7-19-32)49-45(48-43)33-28-29-42-40(30-33)46(37-24-12-10-22-35(37)36-23-11-13-25-38(36)46)39-26-14-15-27-41(39)50(42)34-20-8-3-9-21-34/h1-30H. The molecule has 1 aromatic heterocycles. The number of para-hydroxylation sites is 2. The van der Waals surface area contributed by atoms with Crippen LogP contribution >= 0.6 is 0 Å². The predicted octanol–water partition coefficient (Wildman–Crippen LogP) is 11.0. The molecule has 7 aromatic carbocycles. The fourth-order valence-corrected chi connectivity index (χ4v) is 8.04. The minimum absolute atomic E-state index is 0.558. The SMILES string of the molecule is c1ccc(-c2nc(-c3ccccc3)nc(-c3ccc4c(c3)C3(c5ccccc5-c5ccccc53)c3ccccc3N4c3ccccc3)n2)cc1. The van der Waals surface area contributed by atoms with Crippen LogP contribution in [-0.4, -0.2) is 15.0 Å². The van der Waals surface area contributed by atoms with Crippen LogP contribution in [0.15, 0.2) is 182 Å². The number of nitrogens with zero attached hydrogens (tertiary/aromatic N) is 4. The minimum atomic E-state index is -0.558. The second kappa shape index (κ2) is 11.2. The molecular formula is C46H30N4. The van der Waals surface area contributed by atoms with Gasteiger partial charge in [0, 0.05) is 22.4 Å². The number of fused-ring (bicyclic) bond motifs is 9. The lowest BCUT2D eigenvalue weighted by Gasteiger charge is -2.45. The van der Waals surface area contributed by atoms with Crippen LogP contribution in [0.5, 0.6) is 0 Å². The predicted molar refractivity (Wildman–Crippen MR) is 202 cm³/mol. The monoisotopic (exact) mass is 638 g/mol. The summed E-state index contributed by atoms with van der Waals surface area (Å²) in [4.78, 5) is 17.6. The van der Waals surface area contributed by atoms with E-state index in [9.17, 15) is 0 Å². The molecule has 234 valence electrons. The lowest BCUT2D eigenvalue weighted by atomic mass is 9.64. The van der Waals surface area contributed by atoms with E-state index in [1.165, 1.54) is 39.1 Å². The van der Waals surface area contributed by atoms with E-state index >= 15 is 0 Å². The van der Waals surface area contributed by atoms with E-state index in [0.717, 1.165) is 28.1 Å². The van der Waals surface area contributed by atoms with Gasteiger partial charge in [0.1, 0.15) is 0 Å². The van der Waals surface area contributed by atoms with Gasteiger partial charge in [0.05, 0.1) is 16.8 Å². The summed E-state index contributed by atoms with van der Waals surface area (Å²) in [6, 6.07) is 64.4. The number of rotatable bonds is 4. The van der Waals surface area contributed by atoms with Gasteiger partial charge in [-0.2, -0.15) is 0 Å². The van der Waals surface area contributed by atoms with Crippen molar-refractivity contribution in [2.45, 2.75) is 5.41 Å². The molecule has 0 N–H and O–H groups in total. The zero-order valence-electron chi connectivity index (χ0n) is 27.1. The molecule has 0 atom stereocenters. The van der Waals surface area contributed by atoms with Crippen LogP contribution in [-0.2, 0) is 5.41 Å². The second-order valence-electron chi connectivity index (χ2n) is 12.8. The molecule has 1 spiro atoms. The highest BCUT2D eigenvalue weighted by Gasteiger charge is 2.51. The average molecular weight is 639 g/mol. The number of hydrogen-bond acceptors (Lipinski definition) is 4. The van der Waals surface area contributed by atoms with E-state index < -0.39 is 5.41 Å². The normalized spacial score (nSPS) is 13.3. The van der Waals surface area contributed by atoms with E-state index in [-0.39, 0.29) is 0 Å². The van der Waals surface area contributed by atoms with Gasteiger partial charge in [0.2, 0.25) is 0 Å². The highest BCUT2D eigenvalue weighted by molar-refractivity contribution is 5.96. The molecule has 0 fully saturated rings. The van der Waals surface area contributed by atoms with Crippen LogP contribution in [0.3, 0.4) is 0 Å². The van der Waals surface area contributed by atoms with E-state index in [0.29, 0.717) is 17.5 Å². The maximum atomic E-state index is 5.14. The molecule has 1 aliphatic carbocycles. The first-order valence-corrected chi connectivity index (χ1v) is 17.0. The molecule has 8 aromatic rings. The first kappa shape index (κ1) is 28.4. The molecule has 1 aliphatic heterocycles. The lowest BCUT2D eigenvalue weighted by molar-refractivity contribution is 0.753. The van der Waals surface area contributed by atoms with Crippen LogP contribution in [0.4, 0.5) is 17.1 Å². The van der Waals surface area contributed by atoms with Crippen molar-refractivity contribution < 1.29 is 0 Å². The van der Waals surface area contributed by atoms with Crippen LogP contribution in [0, 0.1) is 0 Å². The second-order valence-corrected chi connectivity index (χ2v) is 12.8. The fourth-order valence-electron chi connectivity index (χ4n) is 8.04. The topological polar surface area (TPSA) is 41.9 Å². The van der Waals surface area contributed by atoms with Gasteiger partial charge in [-0.1, -0.05) is 146 Å². The molecule has 0 bridgehead atoms. The van der Waals surface area contributed by atoms with Gasteiger partial charge in [-0.25, -0.2) is 15.0 Å². The first-order chi connectivity index (χ1) is 24.8. The molecule has 2 aliphatic rings. The quantitative estimate of drug-likeness (QED) is 0.192. The zero-order valence-corrected chi connectivity index (χ0v) is 27.1. The Labute approximate surface area is 291 Å². The number of benzene rings is 7. The maximum absolute atomic E-state index is 5.14. The summed E-state index contributed by atoms with van der Waals surface area (Å²) >= 11 is 0. The molecule has 4 nitrogen and oxygen atoms in total. The molecule has 4 heteroatoms. The smallest absolute Gasteiger partial charge is 0.164 e. The summed E-state index contributed by atoms with van der Waals surface area (Å²) in [7, 11) is 0. The van der Waals surface area contributed by atoms with Crippen molar-refractivity contribution in [3.8, 4) is 45.3 Å². The fraction of sp³-hybridized carbons (Fsp3) is 0.0217. The van der Waals surface area contributed by atoms with Gasteiger partial charge in [0.15, 0.2) is 17.5 Å². The molecule has 0 saturated carbocycles. The lowest BCUT2D eigenvalue weighted by Crippen LogP contribution is -2.36. The maximum Gasteiger partial charge on any atom is 0.164 e. The minimum Gasteiger partial charge on any atom is -0.310 e. The Kier molecular flexibility index (Phi) is 6.36. The molecular weight excluding hydrogens is 609 g/mol. The Hall–Kier alpha value is -6.65. The summed E-state index contributed by atoms with van der Waals surface area (Å²) in [6.45, 7) is 0. The van der Waals surface area contributed by atoms with Crippen molar-refractivity contribution in [3.05, 3.63) is 204 Å². The van der Waals surface area contributed by atoms with Crippen molar-refractivity contribution in [2.75, 3.05) is 4.90 Å². The van der Waals surface area contributed by atoms with Crippen molar-refractivity contribution >= 4 is 17.1 Å². The largest absolute Gasteiger partial charge is 0.310 e. The summed E-state index contributed by atoms with van der Waals surface area (Å²) in [5.41, 5.74) is 13.2. The molecule has 50 heavy (non-hydrogen) atoms. The Balaban J connectivity index is 1.29. The molecule has 10 rings (SSSR count). The van der Waals surface area contributed by atoms with E-state index in [2.05, 4.69) is 150 Å². The van der Waals surface area contributed by atoms with Gasteiger partial charge >= 0.3 is 0 Å². The summed E-state index contributed by atoms with van der Waals surface area (Å²) < 4.78 is 0. The van der Waals surface area contributed by atoms with E-state index in [1.54, 1.807) is 0 Å². The van der Waals surface area contributed by atoms with Crippen LogP contribution < -0.4 is 4.90 Å². The average Bonchev–Trinajstić information content (AvgIpc) is 3.50. The molecule has 0 amide bonds. The summed E-state index contributed by atoms with van der Waals surface area (Å²) in [6.07, 6.45) is 0. The van der Waals surface area contributed by atoms with Gasteiger partial charge in [0.25, 0.3) is 0 Å². The Bertz CT molecular complexity index is 2440. The molecule has 2 heterocycles. The number of anilines is 3. The Morgan fingerprint density at radius 3 is 1.36 bits per heavy atom. The molecule has 0 unspecified atom stereocenters. The Morgan fingerprint density at radius 2 is 0.780 bits per heavy atom. The van der Waals surface area contributed by atoms with Gasteiger partial charge in [-0.05, 0) is 69.8 Å². The number of aromatic nitrogens is 3. The third-order valence-electron chi connectivity index (χ3n) is 10.1. The van der Waals surface area contributed by atoms with E-state index in [4.69, 9.17) is 15.0 Å². The molecule has 0 radical (unpaired) electrons. The van der Waals surface area contributed by atoms with Crippen molar-refractivity contribution in [1.82, 2.24) is 15.0 Å². The van der Waals surface area contributed by atoms with Gasteiger partial charge in [-0.15, -0.1) is 0 Å². The van der Waals surface area contributed by atoms with E-state index in [1.807, 2.05) is 36.4 Å². The van der Waals surface area contributed by atoms with Crippen LogP contribution in [0.25, 0.3) is 45.3 Å². The van der Waals surface area contributed by atoms with Crippen molar-refractivity contribution in [2.24, 2.45) is 0 Å². The van der Waals surface area contributed by atoms with Crippen molar-refractivity contribution in [3.63, 3.8) is 0 Å². The van der Waals surface area contributed by atoms with Crippen molar-refractivity contribution in [1.29, 1.82) is 0 Å². The number of hydrogen-bond donors (Lipinski definition) is 0. The third kappa shape index (κ3) is 4.15. The van der Waals surface area contributed by atoms with Gasteiger partial charge in [-0.3, -0.25) is 0 Å². The highest BCUT2D eigenvalue weighted by atomic mass is 15.2.